The molecule has 2 aromatic rings. The fraction of sp³-hybridized carbons (Fsp3) is 0.235. The van der Waals surface area contributed by atoms with Crippen LogP contribution in [0.15, 0.2) is 60.7 Å². The number of esters is 1. The van der Waals surface area contributed by atoms with Crippen molar-refractivity contribution in [2.45, 2.75) is 19.0 Å². The lowest BCUT2D eigenvalue weighted by Gasteiger charge is -2.29. The second kappa shape index (κ2) is 6.91. The van der Waals surface area contributed by atoms with Gasteiger partial charge in [0, 0.05) is 7.14 Å². The van der Waals surface area contributed by atoms with Gasteiger partial charge in [-0.2, -0.15) is 0 Å². The maximum Gasteiger partial charge on any atom is 0.378 e. The molecule has 2 aromatic carbocycles. The van der Waals surface area contributed by atoms with E-state index in [-0.39, 0.29) is 11.6 Å². The highest BCUT2D eigenvalue weighted by molar-refractivity contribution is 8.09. The van der Waals surface area contributed by atoms with E-state index in [1.165, 1.54) is 7.11 Å². The number of ether oxygens (including phenoxy) is 1. The zero-order chi connectivity index (χ0) is 15.3. The molecule has 0 aliphatic heterocycles. The topological polar surface area (TPSA) is 26.3 Å². The molecule has 21 heavy (non-hydrogen) atoms. The SMILES string of the molecule is [B][P+](c1ccccc1)(c1ccccc1)C(CC)C(=O)OC. The van der Waals surface area contributed by atoms with Crippen molar-refractivity contribution in [3.63, 3.8) is 0 Å². The molecule has 0 aromatic heterocycles. The van der Waals surface area contributed by atoms with Crippen LogP contribution in [0.4, 0.5) is 0 Å². The first-order valence-corrected chi connectivity index (χ1v) is 8.93. The van der Waals surface area contributed by atoms with Crippen LogP contribution in [0.1, 0.15) is 13.3 Å². The van der Waals surface area contributed by atoms with Crippen LogP contribution >= 0.6 is 7.14 Å². The Hall–Kier alpha value is -1.60. The molecule has 106 valence electrons. The maximum absolute atomic E-state index is 12.3. The molecule has 2 rings (SSSR count). The minimum atomic E-state index is -2.33. The summed E-state index contributed by atoms with van der Waals surface area (Å²) in [5.41, 5.74) is -0.327. The summed E-state index contributed by atoms with van der Waals surface area (Å²) < 4.78 is 5.00. The van der Waals surface area contributed by atoms with E-state index < -0.39 is 7.14 Å². The van der Waals surface area contributed by atoms with Gasteiger partial charge in [-0.1, -0.05) is 43.3 Å². The van der Waals surface area contributed by atoms with Crippen molar-refractivity contribution in [3.05, 3.63) is 60.7 Å². The molecule has 0 amide bonds. The van der Waals surface area contributed by atoms with Crippen LogP contribution in [0.2, 0.25) is 0 Å². The summed E-state index contributed by atoms with van der Waals surface area (Å²) in [6.07, 6.45) is 0.654. The summed E-state index contributed by atoms with van der Waals surface area (Å²) in [6, 6.07) is 19.8. The summed E-state index contributed by atoms with van der Waals surface area (Å²) in [5.74, 6) is -0.235. The van der Waals surface area contributed by atoms with Gasteiger partial charge in [0.05, 0.1) is 17.7 Å². The van der Waals surface area contributed by atoms with Crippen molar-refractivity contribution in [1.82, 2.24) is 0 Å². The molecule has 0 fully saturated rings. The van der Waals surface area contributed by atoms with E-state index in [0.29, 0.717) is 6.42 Å². The molecule has 0 aliphatic carbocycles. The van der Waals surface area contributed by atoms with Crippen LogP contribution in [-0.4, -0.2) is 26.3 Å². The third-order valence-corrected chi connectivity index (χ3v) is 7.58. The molecule has 2 nitrogen and oxygen atoms in total. The first-order chi connectivity index (χ1) is 10.1. The van der Waals surface area contributed by atoms with E-state index in [1.54, 1.807) is 0 Å². The minimum Gasteiger partial charge on any atom is -0.466 e. The third-order valence-electron chi connectivity index (χ3n) is 3.72. The van der Waals surface area contributed by atoms with E-state index in [4.69, 9.17) is 12.3 Å². The fourth-order valence-electron chi connectivity index (χ4n) is 2.62. The summed E-state index contributed by atoms with van der Waals surface area (Å²) in [7, 11) is 5.97. The first-order valence-electron chi connectivity index (χ1n) is 7.01. The Balaban J connectivity index is 2.62. The van der Waals surface area contributed by atoms with E-state index in [1.807, 2.05) is 67.6 Å². The zero-order valence-corrected chi connectivity index (χ0v) is 13.3. The third kappa shape index (κ3) is 3.03. The normalized spacial score (nSPS) is 12.7. The van der Waals surface area contributed by atoms with Gasteiger partial charge in [-0.15, -0.1) is 0 Å². The van der Waals surface area contributed by atoms with Gasteiger partial charge < -0.3 is 4.74 Å². The molecule has 0 spiro atoms. The van der Waals surface area contributed by atoms with E-state index in [0.717, 1.165) is 10.6 Å². The van der Waals surface area contributed by atoms with Crippen LogP contribution < -0.4 is 10.6 Å². The highest BCUT2D eigenvalue weighted by Gasteiger charge is 2.49. The molecule has 0 heterocycles. The predicted octanol–water partition coefficient (Wildman–Crippen LogP) is 2.69. The molecule has 1 atom stereocenters. The second-order valence-electron chi connectivity index (χ2n) is 4.90. The van der Waals surface area contributed by atoms with Gasteiger partial charge in [0.15, 0.2) is 5.66 Å². The Labute approximate surface area is 128 Å². The highest BCUT2D eigenvalue weighted by Crippen LogP contribution is 2.57. The van der Waals surface area contributed by atoms with Gasteiger partial charge in [-0.25, -0.2) is 4.79 Å². The van der Waals surface area contributed by atoms with Crippen molar-refractivity contribution in [1.29, 1.82) is 0 Å². The average Bonchev–Trinajstić information content (AvgIpc) is 2.56. The first kappa shape index (κ1) is 15.8. The van der Waals surface area contributed by atoms with E-state index >= 15 is 0 Å². The highest BCUT2D eigenvalue weighted by atomic mass is 31.2. The zero-order valence-electron chi connectivity index (χ0n) is 12.4. The second-order valence-corrected chi connectivity index (χ2v) is 8.11. The van der Waals surface area contributed by atoms with Crippen LogP contribution in [0.3, 0.4) is 0 Å². The number of hydrogen-bond acceptors (Lipinski definition) is 2. The Bertz CT molecular complexity index is 547. The molecular formula is C17H19BO2P+. The Kier molecular flexibility index (Phi) is 5.19. The van der Waals surface area contributed by atoms with Crippen LogP contribution in [0, 0.1) is 0 Å². The van der Waals surface area contributed by atoms with Crippen molar-refractivity contribution in [2.75, 3.05) is 7.11 Å². The minimum absolute atomic E-state index is 0.235. The maximum atomic E-state index is 12.3. The van der Waals surface area contributed by atoms with Crippen LogP contribution in [-0.2, 0) is 9.53 Å². The molecule has 1 unspecified atom stereocenters. The largest absolute Gasteiger partial charge is 0.466 e. The molecule has 0 aliphatic rings. The number of carbonyl (C=O) groups is 1. The summed E-state index contributed by atoms with van der Waals surface area (Å²) >= 11 is 0. The molecule has 2 radical (unpaired) electrons. The van der Waals surface area contributed by atoms with Crippen molar-refractivity contribution < 1.29 is 9.53 Å². The summed E-state index contributed by atoms with van der Waals surface area (Å²) in [6.45, 7) is 1.98. The van der Waals surface area contributed by atoms with Crippen LogP contribution in [0.25, 0.3) is 0 Å². The lowest BCUT2D eigenvalue weighted by molar-refractivity contribution is -0.140. The fourth-order valence-corrected chi connectivity index (χ4v) is 5.98. The molecular weight excluding hydrogens is 278 g/mol. The number of hydrogen-bond donors (Lipinski definition) is 0. The summed E-state index contributed by atoms with van der Waals surface area (Å²) in [5, 5.41) is 2.04. The monoisotopic (exact) mass is 297 g/mol. The molecule has 0 N–H and O–H groups in total. The molecule has 4 heteroatoms. The Morgan fingerprint density at radius 3 is 1.81 bits per heavy atom. The van der Waals surface area contributed by atoms with Gasteiger partial charge in [0.25, 0.3) is 0 Å². The lowest BCUT2D eigenvalue weighted by Crippen LogP contribution is -2.37. The number of rotatable bonds is 5. The average molecular weight is 297 g/mol. The van der Waals surface area contributed by atoms with Gasteiger partial charge in [-0.3, -0.25) is 0 Å². The standard InChI is InChI=1S/C17H19BO2P/c1-3-16(17(19)20-2)21(18,14-10-6-4-7-11-14)15-12-8-5-9-13-15/h4-13,16H,3H2,1-2H3/q+1. The number of benzene rings is 2. The van der Waals surface area contributed by atoms with Crippen molar-refractivity contribution >= 4 is 31.3 Å². The van der Waals surface area contributed by atoms with Gasteiger partial charge in [0.2, 0.25) is 0 Å². The molecule has 0 bridgehead atoms. The van der Waals surface area contributed by atoms with E-state index in [9.17, 15) is 4.79 Å². The molecule has 0 saturated carbocycles. The van der Waals surface area contributed by atoms with Crippen molar-refractivity contribution in [3.8, 4) is 0 Å². The Morgan fingerprint density at radius 1 is 1.05 bits per heavy atom. The predicted molar refractivity (Wildman–Crippen MR) is 90.9 cm³/mol. The van der Waals surface area contributed by atoms with Gasteiger partial charge in [0.1, 0.15) is 0 Å². The number of carbonyl (C=O) groups excluding carboxylic acids is 1. The summed E-state index contributed by atoms with van der Waals surface area (Å²) in [4.78, 5) is 12.3. The van der Waals surface area contributed by atoms with Crippen LogP contribution in [0.5, 0.6) is 0 Å². The van der Waals surface area contributed by atoms with Gasteiger partial charge in [-0.05, 0) is 30.7 Å². The Morgan fingerprint density at radius 2 is 1.48 bits per heavy atom. The smallest absolute Gasteiger partial charge is 0.378 e. The van der Waals surface area contributed by atoms with Crippen molar-refractivity contribution in [2.24, 2.45) is 0 Å². The quantitative estimate of drug-likeness (QED) is 0.482. The van der Waals surface area contributed by atoms with E-state index in [2.05, 4.69) is 0 Å². The van der Waals surface area contributed by atoms with Gasteiger partial charge >= 0.3 is 13.5 Å². The molecule has 0 saturated heterocycles. The number of methoxy groups -OCH3 is 1. The lowest BCUT2D eigenvalue weighted by atomic mass is 10.3.